The molecule has 1 aliphatic rings. The van der Waals surface area contributed by atoms with E-state index in [9.17, 15) is 0 Å². The van der Waals surface area contributed by atoms with Crippen LogP contribution >= 0.6 is 11.8 Å². The Labute approximate surface area is 75.5 Å². The lowest BCUT2D eigenvalue weighted by Crippen LogP contribution is -2.37. The first-order chi connectivity index (χ1) is 5.18. The number of hydrogen-bond acceptors (Lipinski definition) is 2. The minimum Gasteiger partial charge on any atom is -0.304 e. The maximum Gasteiger partial charge on any atom is 0.0149 e. The fourth-order valence-corrected chi connectivity index (χ4v) is 2.91. The van der Waals surface area contributed by atoms with Gasteiger partial charge in [-0.15, -0.1) is 0 Å². The molecule has 0 saturated carbocycles. The van der Waals surface area contributed by atoms with Crippen molar-refractivity contribution >= 4 is 11.8 Å². The van der Waals surface area contributed by atoms with Crippen molar-refractivity contribution in [3.05, 3.63) is 0 Å². The van der Waals surface area contributed by atoms with Crippen molar-refractivity contribution in [1.82, 2.24) is 4.90 Å². The number of hydrogen-bond donors (Lipinski definition) is 0. The predicted octanol–water partition coefficient (Wildman–Crippen LogP) is 2.47. The van der Waals surface area contributed by atoms with Crippen molar-refractivity contribution in [3.8, 4) is 0 Å². The van der Waals surface area contributed by atoms with Gasteiger partial charge in [-0.1, -0.05) is 27.7 Å². The van der Waals surface area contributed by atoms with E-state index in [1.807, 2.05) is 13.8 Å². The quantitative estimate of drug-likeness (QED) is 0.556. The highest BCUT2D eigenvalue weighted by molar-refractivity contribution is 8.00. The summed E-state index contributed by atoms with van der Waals surface area (Å²) >= 11 is 2.10. The summed E-state index contributed by atoms with van der Waals surface area (Å²) in [5, 5.41) is 1.66. The lowest BCUT2D eigenvalue weighted by Gasteiger charge is -2.31. The average Bonchev–Trinajstić information content (AvgIpc) is 1.88. The zero-order valence-electron chi connectivity index (χ0n) is 8.42. The molecule has 2 unspecified atom stereocenters. The third-order valence-electron chi connectivity index (χ3n) is 1.60. The number of rotatable bonds is 0. The van der Waals surface area contributed by atoms with E-state index in [1.165, 1.54) is 13.1 Å². The van der Waals surface area contributed by atoms with Crippen molar-refractivity contribution in [2.45, 2.75) is 38.2 Å². The molecule has 1 saturated heterocycles. The van der Waals surface area contributed by atoms with Gasteiger partial charge in [-0.3, -0.25) is 0 Å². The second-order valence-electron chi connectivity index (χ2n) is 2.98. The molecule has 1 fully saturated rings. The maximum atomic E-state index is 2.41. The summed E-state index contributed by atoms with van der Waals surface area (Å²) < 4.78 is 0. The van der Waals surface area contributed by atoms with Gasteiger partial charge >= 0.3 is 0 Å². The van der Waals surface area contributed by atoms with E-state index in [2.05, 4.69) is 37.6 Å². The lowest BCUT2D eigenvalue weighted by atomic mass is 10.3. The van der Waals surface area contributed by atoms with E-state index in [0.29, 0.717) is 0 Å². The van der Waals surface area contributed by atoms with Crippen LogP contribution in [0.15, 0.2) is 0 Å². The Kier molecular flexibility index (Phi) is 6.06. The third kappa shape index (κ3) is 4.70. The molecule has 1 nitrogen and oxygen atoms in total. The molecule has 1 aliphatic heterocycles. The topological polar surface area (TPSA) is 3.24 Å². The molecule has 0 bridgehead atoms. The molecule has 0 aromatic rings. The highest BCUT2D eigenvalue weighted by Gasteiger charge is 2.18. The van der Waals surface area contributed by atoms with Crippen LogP contribution in [0.25, 0.3) is 0 Å². The Balaban J connectivity index is 0.000000461. The molecular weight excluding hydrogens is 154 g/mol. The van der Waals surface area contributed by atoms with Gasteiger partial charge in [-0.25, -0.2) is 0 Å². The van der Waals surface area contributed by atoms with Gasteiger partial charge in [-0.05, 0) is 7.05 Å². The molecule has 0 radical (unpaired) electrons. The Morgan fingerprint density at radius 3 is 1.73 bits per heavy atom. The van der Waals surface area contributed by atoms with Crippen LogP contribution in [0.1, 0.15) is 27.7 Å². The van der Waals surface area contributed by atoms with Gasteiger partial charge in [0.1, 0.15) is 0 Å². The number of thioether (sulfide) groups is 1. The minimum absolute atomic E-state index is 0.832. The lowest BCUT2D eigenvalue weighted by molar-refractivity contribution is 0.330. The van der Waals surface area contributed by atoms with E-state index in [1.54, 1.807) is 0 Å². The van der Waals surface area contributed by atoms with Crippen molar-refractivity contribution in [3.63, 3.8) is 0 Å². The van der Waals surface area contributed by atoms with E-state index >= 15 is 0 Å². The van der Waals surface area contributed by atoms with Crippen molar-refractivity contribution < 1.29 is 0 Å². The Morgan fingerprint density at radius 1 is 1.09 bits per heavy atom. The Bertz CT molecular complexity index is 70.5. The summed E-state index contributed by atoms with van der Waals surface area (Å²) in [7, 11) is 2.20. The molecule has 2 atom stereocenters. The second-order valence-corrected chi connectivity index (χ2v) is 4.86. The van der Waals surface area contributed by atoms with Crippen molar-refractivity contribution in [2.24, 2.45) is 0 Å². The van der Waals surface area contributed by atoms with Crippen LogP contribution in [0.5, 0.6) is 0 Å². The molecule has 11 heavy (non-hydrogen) atoms. The molecule has 0 aromatic heterocycles. The summed E-state index contributed by atoms with van der Waals surface area (Å²) in [5.74, 6) is 0. The van der Waals surface area contributed by atoms with Gasteiger partial charge in [0.15, 0.2) is 0 Å². The monoisotopic (exact) mass is 175 g/mol. The highest BCUT2D eigenvalue weighted by Crippen LogP contribution is 2.23. The van der Waals surface area contributed by atoms with Crippen LogP contribution in [0.4, 0.5) is 0 Å². The van der Waals surface area contributed by atoms with Gasteiger partial charge in [-0.2, -0.15) is 11.8 Å². The van der Waals surface area contributed by atoms with Crippen LogP contribution in [-0.4, -0.2) is 35.5 Å². The molecule has 0 aromatic carbocycles. The van der Waals surface area contributed by atoms with E-state index in [-0.39, 0.29) is 0 Å². The molecule has 1 heterocycles. The van der Waals surface area contributed by atoms with Crippen LogP contribution in [0, 0.1) is 0 Å². The van der Waals surface area contributed by atoms with Gasteiger partial charge in [0.2, 0.25) is 0 Å². The molecular formula is C9H21NS. The smallest absolute Gasteiger partial charge is 0.0149 e. The van der Waals surface area contributed by atoms with E-state index in [4.69, 9.17) is 0 Å². The molecule has 0 N–H and O–H groups in total. The van der Waals surface area contributed by atoms with Gasteiger partial charge in [0.25, 0.3) is 0 Å². The summed E-state index contributed by atoms with van der Waals surface area (Å²) in [6, 6.07) is 0. The van der Waals surface area contributed by atoms with E-state index < -0.39 is 0 Å². The third-order valence-corrected chi connectivity index (χ3v) is 2.83. The van der Waals surface area contributed by atoms with Crippen molar-refractivity contribution in [1.29, 1.82) is 0 Å². The molecule has 0 aliphatic carbocycles. The van der Waals surface area contributed by atoms with Crippen LogP contribution < -0.4 is 0 Å². The molecule has 2 heteroatoms. The zero-order valence-corrected chi connectivity index (χ0v) is 9.24. The van der Waals surface area contributed by atoms with Gasteiger partial charge < -0.3 is 4.90 Å². The minimum atomic E-state index is 0.832. The SMILES string of the molecule is CC.CC1CN(C)CC(C)S1. The molecule has 0 spiro atoms. The van der Waals surface area contributed by atoms with Crippen LogP contribution in [0.2, 0.25) is 0 Å². The zero-order chi connectivity index (χ0) is 8.85. The second kappa shape index (κ2) is 5.90. The average molecular weight is 175 g/mol. The summed E-state index contributed by atoms with van der Waals surface area (Å²) in [6.45, 7) is 11.1. The Morgan fingerprint density at radius 2 is 1.45 bits per heavy atom. The Hall–Kier alpha value is 0.310. The van der Waals surface area contributed by atoms with E-state index in [0.717, 1.165) is 10.5 Å². The molecule has 1 rings (SSSR count). The maximum absolute atomic E-state index is 2.41. The molecule has 68 valence electrons. The summed E-state index contributed by atoms with van der Waals surface area (Å²) in [4.78, 5) is 2.41. The molecule has 0 amide bonds. The summed E-state index contributed by atoms with van der Waals surface area (Å²) in [6.07, 6.45) is 0. The first-order valence-electron chi connectivity index (χ1n) is 4.52. The first kappa shape index (κ1) is 11.3. The fourth-order valence-electron chi connectivity index (χ4n) is 1.44. The van der Waals surface area contributed by atoms with Crippen molar-refractivity contribution in [2.75, 3.05) is 20.1 Å². The van der Waals surface area contributed by atoms with Crippen LogP contribution in [0.3, 0.4) is 0 Å². The highest BCUT2D eigenvalue weighted by atomic mass is 32.2. The largest absolute Gasteiger partial charge is 0.304 e. The van der Waals surface area contributed by atoms with Crippen LogP contribution in [-0.2, 0) is 0 Å². The normalized spacial score (nSPS) is 32.5. The van der Waals surface area contributed by atoms with Gasteiger partial charge in [0.05, 0.1) is 0 Å². The summed E-state index contributed by atoms with van der Waals surface area (Å²) in [5.41, 5.74) is 0. The first-order valence-corrected chi connectivity index (χ1v) is 5.47. The fraction of sp³-hybridized carbons (Fsp3) is 1.00. The van der Waals surface area contributed by atoms with Gasteiger partial charge in [0, 0.05) is 23.6 Å². The number of nitrogens with zero attached hydrogens (tertiary/aromatic N) is 1. The predicted molar refractivity (Wildman–Crippen MR) is 55.4 cm³/mol. The standard InChI is InChI=1S/C7H15NS.C2H6/c1-6-4-8(3)5-7(2)9-6;1-2/h6-7H,4-5H2,1-3H3;1-2H3.